The predicted octanol–water partition coefficient (Wildman–Crippen LogP) is 3.29. The van der Waals surface area contributed by atoms with Crippen molar-refractivity contribution in [3.8, 4) is 0 Å². The van der Waals surface area contributed by atoms with Gasteiger partial charge in [-0.2, -0.15) is 0 Å². The van der Waals surface area contributed by atoms with Crippen LogP contribution in [-0.2, 0) is 19.1 Å². The third-order valence-electron chi connectivity index (χ3n) is 4.73. The molecule has 2 N–H and O–H groups in total. The van der Waals surface area contributed by atoms with Gasteiger partial charge in [0.2, 0.25) is 5.91 Å². The molecule has 1 saturated heterocycles. The minimum atomic E-state index is -0.800. The van der Waals surface area contributed by atoms with E-state index in [4.69, 9.17) is 27.9 Å². The summed E-state index contributed by atoms with van der Waals surface area (Å²) in [6.45, 7) is 3.27. The predicted molar refractivity (Wildman–Crippen MR) is 119 cm³/mol. The molecule has 168 valence electrons. The van der Waals surface area contributed by atoms with Gasteiger partial charge in [0, 0.05) is 17.7 Å². The van der Waals surface area contributed by atoms with E-state index >= 15 is 0 Å². The van der Waals surface area contributed by atoms with Gasteiger partial charge in [-0.3, -0.25) is 29.6 Å². The van der Waals surface area contributed by atoms with Crippen LogP contribution in [0.3, 0.4) is 0 Å². The van der Waals surface area contributed by atoms with Gasteiger partial charge in [0.1, 0.15) is 0 Å². The molecule has 0 unspecified atom stereocenters. The third kappa shape index (κ3) is 5.99. The molecule has 1 aliphatic heterocycles. The number of halogens is 2. The lowest BCUT2D eigenvalue weighted by molar-refractivity contribution is -0.151. The van der Waals surface area contributed by atoms with Gasteiger partial charge in [-0.25, -0.2) is 0 Å². The Morgan fingerprint density at radius 1 is 1.06 bits per heavy atom. The van der Waals surface area contributed by atoms with Gasteiger partial charge in [-0.15, -0.1) is 0 Å². The molecule has 0 spiro atoms. The molecular weight excluding hydrogens is 457 g/mol. The van der Waals surface area contributed by atoms with Crippen LogP contribution in [0.1, 0.15) is 27.9 Å². The Morgan fingerprint density at radius 3 is 2.41 bits per heavy atom. The number of hydrogen-bond acceptors (Lipinski definition) is 5. The normalized spacial score (nSPS) is 15.4. The maximum Gasteiger partial charge on any atom is 0.311 e. The zero-order valence-corrected chi connectivity index (χ0v) is 18.9. The molecule has 10 heteroatoms. The second-order valence-corrected chi connectivity index (χ2v) is 8.32. The van der Waals surface area contributed by atoms with E-state index in [1.54, 1.807) is 12.1 Å². The van der Waals surface area contributed by atoms with Crippen molar-refractivity contribution in [3.63, 3.8) is 0 Å². The highest BCUT2D eigenvalue weighted by molar-refractivity contribution is 6.42. The minimum Gasteiger partial charge on any atom is -0.455 e. The zero-order valence-electron chi connectivity index (χ0n) is 17.4. The first kappa shape index (κ1) is 23.6. The Balaban J connectivity index is 1.50. The van der Waals surface area contributed by atoms with Gasteiger partial charge >= 0.3 is 5.97 Å². The molecule has 0 aliphatic carbocycles. The van der Waals surface area contributed by atoms with Gasteiger partial charge in [-0.1, -0.05) is 29.3 Å². The molecule has 1 heterocycles. The zero-order chi connectivity index (χ0) is 23.4. The van der Waals surface area contributed by atoms with Crippen LogP contribution >= 0.6 is 23.2 Å². The number of nitrogens with zero attached hydrogens (tertiary/aromatic N) is 1. The summed E-state index contributed by atoms with van der Waals surface area (Å²) in [5, 5.41) is 4.21. The standard InChI is InChI=1S/C22H21Cl2N3O5/c1-12-5-13(2)7-16(6-12)25-19(28)11-32-22(31)15-9-20(29)27(10-15)26-21(30)14-3-4-17(23)18(24)8-14/h3-8,15H,9-11H2,1-2H3,(H,25,28)(H,26,30)/t15-/m0/s1. The average Bonchev–Trinajstić information content (AvgIpc) is 3.07. The lowest BCUT2D eigenvalue weighted by Gasteiger charge is -2.17. The van der Waals surface area contributed by atoms with Crippen LogP contribution in [0, 0.1) is 19.8 Å². The van der Waals surface area contributed by atoms with Gasteiger partial charge in [0.15, 0.2) is 6.61 Å². The number of nitrogens with one attached hydrogen (secondary N) is 2. The number of esters is 1. The summed E-state index contributed by atoms with van der Waals surface area (Å²) in [6.07, 6.45) is -0.140. The smallest absolute Gasteiger partial charge is 0.311 e. The highest BCUT2D eigenvalue weighted by atomic mass is 35.5. The molecule has 1 atom stereocenters. The molecule has 8 nitrogen and oxygen atoms in total. The number of aryl methyl sites for hydroxylation is 2. The van der Waals surface area contributed by atoms with Crippen LogP contribution in [0.25, 0.3) is 0 Å². The van der Waals surface area contributed by atoms with E-state index in [-0.39, 0.29) is 23.6 Å². The van der Waals surface area contributed by atoms with Crippen LogP contribution in [0.4, 0.5) is 5.69 Å². The van der Waals surface area contributed by atoms with E-state index in [1.807, 2.05) is 19.9 Å². The molecule has 0 saturated carbocycles. The van der Waals surface area contributed by atoms with Crippen molar-refractivity contribution in [1.29, 1.82) is 0 Å². The van der Waals surface area contributed by atoms with Crippen molar-refractivity contribution in [2.75, 3.05) is 18.5 Å². The summed E-state index contributed by atoms with van der Waals surface area (Å²) >= 11 is 11.7. The molecule has 0 radical (unpaired) electrons. The van der Waals surface area contributed by atoms with Crippen molar-refractivity contribution >= 4 is 52.6 Å². The van der Waals surface area contributed by atoms with Crippen molar-refractivity contribution in [2.45, 2.75) is 20.3 Å². The molecule has 2 aromatic rings. The minimum absolute atomic E-state index is 0.0660. The number of benzene rings is 2. The van der Waals surface area contributed by atoms with Crippen LogP contribution in [-0.4, -0.2) is 41.9 Å². The van der Waals surface area contributed by atoms with Crippen molar-refractivity contribution in [3.05, 3.63) is 63.1 Å². The van der Waals surface area contributed by atoms with Crippen LogP contribution in [0.2, 0.25) is 10.0 Å². The summed E-state index contributed by atoms with van der Waals surface area (Å²) in [4.78, 5) is 49.0. The van der Waals surface area contributed by atoms with E-state index in [0.717, 1.165) is 16.1 Å². The first-order chi connectivity index (χ1) is 15.1. The lowest BCUT2D eigenvalue weighted by atomic mass is 10.1. The van der Waals surface area contributed by atoms with Crippen molar-refractivity contribution < 1.29 is 23.9 Å². The number of hydrogen-bond donors (Lipinski definition) is 2. The molecule has 0 aromatic heterocycles. The summed E-state index contributed by atoms with van der Waals surface area (Å²) < 4.78 is 5.06. The third-order valence-corrected chi connectivity index (χ3v) is 5.47. The maximum atomic E-state index is 12.3. The van der Waals surface area contributed by atoms with Gasteiger partial charge in [0.25, 0.3) is 11.8 Å². The highest BCUT2D eigenvalue weighted by Crippen LogP contribution is 2.23. The quantitative estimate of drug-likeness (QED) is 0.621. The Hall–Kier alpha value is -3.10. The summed E-state index contributed by atoms with van der Waals surface area (Å²) in [7, 11) is 0. The largest absolute Gasteiger partial charge is 0.455 e. The maximum absolute atomic E-state index is 12.3. The number of amides is 3. The molecule has 32 heavy (non-hydrogen) atoms. The number of rotatable bonds is 6. The fourth-order valence-electron chi connectivity index (χ4n) is 3.30. The molecule has 0 bridgehead atoms. The second kappa shape index (κ2) is 10.0. The average molecular weight is 478 g/mol. The Morgan fingerprint density at radius 2 is 1.75 bits per heavy atom. The molecule has 1 aliphatic rings. The number of hydrazine groups is 1. The topological polar surface area (TPSA) is 105 Å². The molecular formula is C22H21Cl2N3O5. The van der Waals surface area contributed by atoms with E-state index in [9.17, 15) is 19.2 Å². The first-order valence-electron chi connectivity index (χ1n) is 9.73. The second-order valence-electron chi connectivity index (χ2n) is 7.51. The van der Waals surface area contributed by atoms with Crippen molar-refractivity contribution in [1.82, 2.24) is 10.4 Å². The molecule has 2 aromatic carbocycles. The Bertz CT molecular complexity index is 1070. The van der Waals surface area contributed by atoms with Gasteiger partial charge < -0.3 is 10.1 Å². The van der Waals surface area contributed by atoms with E-state index < -0.39 is 36.2 Å². The molecule has 3 rings (SSSR count). The van der Waals surface area contributed by atoms with E-state index in [0.29, 0.717) is 10.7 Å². The summed E-state index contributed by atoms with van der Waals surface area (Å²) in [5.74, 6) is -3.00. The SMILES string of the molecule is Cc1cc(C)cc(NC(=O)COC(=O)[C@H]2CC(=O)N(NC(=O)c3ccc(Cl)c(Cl)c3)C2)c1. The summed E-state index contributed by atoms with van der Waals surface area (Å²) in [6, 6.07) is 9.88. The number of carbonyl (C=O) groups is 4. The summed E-state index contributed by atoms with van der Waals surface area (Å²) in [5.41, 5.74) is 5.24. The molecule has 1 fully saturated rings. The fraction of sp³-hybridized carbons (Fsp3) is 0.273. The monoisotopic (exact) mass is 477 g/mol. The molecule has 3 amide bonds. The van der Waals surface area contributed by atoms with Gasteiger partial charge in [0.05, 0.1) is 22.5 Å². The van der Waals surface area contributed by atoms with Crippen LogP contribution in [0.5, 0.6) is 0 Å². The number of anilines is 1. The fourth-order valence-corrected chi connectivity index (χ4v) is 3.59. The van der Waals surface area contributed by atoms with Crippen LogP contribution in [0.15, 0.2) is 36.4 Å². The van der Waals surface area contributed by atoms with E-state index in [2.05, 4.69) is 10.7 Å². The Labute approximate surface area is 194 Å². The van der Waals surface area contributed by atoms with Gasteiger partial charge in [-0.05, 0) is 55.3 Å². The van der Waals surface area contributed by atoms with E-state index in [1.165, 1.54) is 18.2 Å². The lowest BCUT2D eigenvalue weighted by Crippen LogP contribution is -2.43. The van der Waals surface area contributed by atoms with Crippen molar-refractivity contribution in [2.24, 2.45) is 5.92 Å². The number of carbonyl (C=O) groups excluding carboxylic acids is 4. The number of ether oxygens (including phenoxy) is 1. The Kier molecular flexibility index (Phi) is 7.37. The van der Waals surface area contributed by atoms with Crippen LogP contribution < -0.4 is 10.7 Å². The highest BCUT2D eigenvalue weighted by Gasteiger charge is 2.36. The first-order valence-corrected chi connectivity index (χ1v) is 10.5.